The smallest absolute Gasteiger partial charge is 0.410 e. The van der Waals surface area contributed by atoms with Gasteiger partial charge < -0.3 is 19.7 Å². The van der Waals surface area contributed by atoms with Crippen molar-refractivity contribution in [1.29, 1.82) is 0 Å². The molecular formula is C18H24F2N2O4. The molecule has 0 bridgehead atoms. The van der Waals surface area contributed by atoms with E-state index in [1.165, 1.54) is 24.3 Å². The zero-order valence-corrected chi connectivity index (χ0v) is 15.1. The van der Waals surface area contributed by atoms with Crippen molar-refractivity contribution in [2.75, 3.05) is 18.4 Å². The second kappa shape index (κ2) is 8.33. The maximum Gasteiger partial charge on any atom is 0.410 e. The molecule has 144 valence electrons. The number of hydrogen-bond acceptors (Lipinski definition) is 4. The van der Waals surface area contributed by atoms with Crippen molar-refractivity contribution in [2.24, 2.45) is 5.92 Å². The highest BCUT2D eigenvalue weighted by Crippen LogP contribution is 2.23. The largest absolute Gasteiger partial charge is 0.444 e. The monoisotopic (exact) mass is 370 g/mol. The Hall–Kier alpha value is -2.38. The molecule has 0 aliphatic carbocycles. The normalized spacial score (nSPS) is 15.7. The van der Waals surface area contributed by atoms with Crippen molar-refractivity contribution in [3.8, 4) is 5.75 Å². The van der Waals surface area contributed by atoms with Gasteiger partial charge in [-0.15, -0.1) is 0 Å². The van der Waals surface area contributed by atoms with Crippen LogP contribution in [0.1, 0.15) is 33.6 Å². The lowest BCUT2D eigenvalue weighted by Crippen LogP contribution is -2.43. The molecule has 1 N–H and O–H groups in total. The number of ether oxygens (including phenoxy) is 2. The van der Waals surface area contributed by atoms with Gasteiger partial charge in [0.15, 0.2) is 0 Å². The first kappa shape index (κ1) is 19.9. The van der Waals surface area contributed by atoms with E-state index in [0.29, 0.717) is 31.6 Å². The number of likely N-dealkylation sites (tertiary alicyclic amines) is 1. The molecule has 2 rings (SSSR count). The van der Waals surface area contributed by atoms with E-state index in [1.54, 1.807) is 4.90 Å². The molecule has 1 aromatic rings. The first-order valence-electron chi connectivity index (χ1n) is 8.48. The molecule has 1 aliphatic rings. The van der Waals surface area contributed by atoms with E-state index >= 15 is 0 Å². The third-order valence-corrected chi connectivity index (χ3v) is 3.86. The number of halogens is 2. The van der Waals surface area contributed by atoms with Gasteiger partial charge in [-0.1, -0.05) is 0 Å². The molecule has 1 fully saturated rings. The average Bonchev–Trinajstić information content (AvgIpc) is 2.55. The van der Waals surface area contributed by atoms with Crippen LogP contribution >= 0.6 is 0 Å². The summed E-state index contributed by atoms with van der Waals surface area (Å²) in [6.45, 7) is 3.45. The Labute approximate surface area is 151 Å². The van der Waals surface area contributed by atoms with Gasteiger partial charge in [-0.2, -0.15) is 8.78 Å². The lowest BCUT2D eigenvalue weighted by Gasteiger charge is -2.32. The highest BCUT2D eigenvalue weighted by atomic mass is 19.3. The molecule has 0 unspecified atom stereocenters. The lowest BCUT2D eigenvalue weighted by atomic mass is 9.96. The Morgan fingerprint density at radius 2 is 1.73 bits per heavy atom. The minimum Gasteiger partial charge on any atom is -0.444 e. The van der Waals surface area contributed by atoms with E-state index < -0.39 is 12.2 Å². The van der Waals surface area contributed by atoms with Crippen LogP contribution in [-0.4, -0.2) is 42.2 Å². The highest BCUT2D eigenvalue weighted by molar-refractivity contribution is 5.92. The van der Waals surface area contributed by atoms with E-state index in [4.69, 9.17) is 4.74 Å². The van der Waals surface area contributed by atoms with Crippen LogP contribution in [0.25, 0.3) is 0 Å². The van der Waals surface area contributed by atoms with Gasteiger partial charge in [0.25, 0.3) is 0 Å². The third kappa shape index (κ3) is 6.16. The first-order chi connectivity index (χ1) is 12.1. The molecule has 0 spiro atoms. The van der Waals surface area contributed by atoms with Crippen molar-refractivity contribution in [1.82, 2.24) is 4.90 Å². The number of nitrogens with zero attached hydrogens (tertiary/aromatic N) is 1. The molecule has 1 aromatic carbocycles. The van der Waals surface area contributed by atoms with Crippen molar-refractivity contribution < 1.29 is 27.8 Å². The van der Waals surface area contributed by atoms with Crippen LogP contribution in [-0.2, 0) is 9.53 Å². The standard InChI is InChI=1S/C18H24F2N2O4/c1-18(2,3)26-17(24)22-10-8-12(9-11-22)15(23)21-13-4-6-14(7-5-13)25-16(19)20/h4-7,12,16H,8-11H2,1-3H3,(H,21,23). The molecule has 1 aliphatic heterocycles. The molecule has 0 saturated carbocycles. The fraction of sp³-hybridized carbons (Fsp3) is 0.556. The van der Waals surface area contributed by atoms with E-state index in [-0.39, 0.29) is 23.7 Å². The molecule has 0 aromatic heterocycles. The van der Waals surface area contributed by atoms with Crippen LogP contribution in [0.4, 0.5) is 19.3 Å². The van der Waals surface area contributed by atoms with Crippen LogP contribution in [0.3, 0.4) is 0 Å². The second-order valence-corrected chi connectivity index (χ2v) is 7.13. The molecule has 8 heteroatoms. The maximum atomic E-state index is 12.3. The zero-order valence-electron chi connectivity index (χ0n) is 15.1. The highest BCUT2D eigenvalue weighted by Gasteiger charge is 2.29. The first-order valence-corrected chi connectivity index (χ1v) is 8.48. The number of carbonyl (C=O) groups excluding carboxylic acids is 2. The van der Waals surface area contributed by atoms with Gasteiger partial charge in [-0.25, -0.2) is 4.79 Å². The van der Waals surface area contributed by atoms with Crippen molar-refractivity contribution in [3.05, 3.63) is 24.3 Å². The summed E-state index contributed by atoms with van der Waals surface area (Å²) in [4.78, 5) is 26.0. The number of piperidine rings is 1. The topological polar surface area (TPSA) is 67.9 Å². The van der Waals surface area contributed by atoms with E-state index in [0.717, 1.165) is 0 Å². The van der Waals surface area contributed by atoms with Gasteiger partial charge in [0.05, 0.1) is 0 Å². The summed E-state index contributed by atoms with van der Waals surface area (Å²) < 4.78 is 33.8. The third-order valence-electron chi connectivity index (χ3n) is 3.86. The lowest BCUT2D eigenvalue weighted by molar-refractivity contribution is -0.121. The van der Waals surface area contributed by atoms with Crippen molar-refractivity contribution in [2.45, 2.75) is 45.8 Å². The molecule has 1 saturated heterocycles. The molecule has 2 amide bonds. The van der Waals surface area contributed by atoms with Crippen molar-refractivity contribution >= 4 is 17.7 Å². The number of rotatable bonds is 4. The van der Waals surface area contributed by atoms with E-state index in [9.17, 15) is 18.4 Å². The van der Waals surface area contributed by atoms with Gasteiger partial charge >= 0.3 is 12.7 Å². The fourth-order valence-corrected chi connectivity index (χ4v) is 2.61. The Balaban J connectivity index is 1.82. The number of carbonyl (C=O) groups is 2. The number of nitrogens with one attached hydrogen (secondary N) is 1. The second-order valence-electron chi connectivity index (χ2n) is 7.13. The Morgan fingerprint density at radius 1 is 1.15 bits per heavy atom. The number of alkyl halides is 2. The maximum absolute atomic E-state index is 12.3. The molecule has 6 nitrogen and oxygen atoms in total. The average molecular weight is 370 g/mol. The summed E-state index contributed by atoms with van der Waals surface area (Å²) in [6, 6.07) is 5.75. The molecule has 0 radical (unpaired) electrons. The Kier molecular flexibility index (Phi) is 6.39. The van der Waals surface area contributed by atoms with Crippen LogP contribution in [0.2, 0.25) is 0 Å². The summed E-state index contributed by atoms with van der Waals surface area (Å²) in [5.74, 6) is -0.342. The minimum atomic E-state index is -2.88. The fourth-order valence-electron chi connectivity index (χ4n) is 2.61. The van der Waals surface area contributed by atoms with Crippen LogP contribution in [0.5, 0.6) is 5.75 Å². The van der Waals surface area contributed by atoms with Crippen LogP contribution < -0.4 is 10.1 Å². The molecular weight excluding hydrogens is 346 g/mol. The van der Waals surface area contributed by atoms with Gasteiger partial charge in [0.2, 0.25) is 5.91 Å². The SMILES string of the molecule is CC(C)(C)OC(=O)N1CCC(C(=O)Nc2ccc(OC(F)F)cc2)CC1. The summed E-state index contributed by atoms with van der Waals surface area (Å²) in [5, 5.41) is 2.76. The minimum absolute atomic E-state index is 0.0312. The summed E-state index contributed by atoms with van der Waals surface area (Å²) in [7, 11) is 0. The Morgan fingerprint density at radius 3 is 2.23 bits per heavy atom. The van der Waals surface area contributed by atoms with Gasteiger partial charge in [-0.3, -0.25) is 4.79 Å². The zero-order chi connectivity index (χ0) is 19.3. The number of hydrogen-bond donors (Lipinski definition) is 1. The molecule has 26 heavy (non-hydrogen) atoms. The van der Waals surface area contributed by atoms with Gasteiger partial charge in [0, 0.05) is 24.7 Å². The Bertz CT molecular complexity index is 621. The summed E-state index contributed by atoms with van der Waals surface area (Å²) in [5.41, 5.74) is -0.0444. The molecule has 1 heterocycles. The summed E-state index contributed by atoms with van der Waals surface area (Å²) >= 11 is 0. The number of amides is 2. The number of anilines is 1. The van der Waals surface area contributed by atoms with E-state index in [1.807, 2.05) is 20.8 Å². The quantitative estimate of drug-likeness (QED) is 0.874. The van der Waals surface area contributed by atoms with Crippen LogP contribution in [0.15, 0.2) is 24.3 Å². The van der Waals surface area contributed by atoms with Crippen LogP contribution in [0, 0.1) is 5.92 Å². The number of benzene rings is 1. The predicted octanol–water partition coefficient (Wildman–Crippen LogP) is 3.87. The van der Waals surface area contributed by atoms with Gasteiger partial charge in [-0.05, 0) is 57.9 Å². The van der Waals surface area contributed by atoms with Gasteiger partial charge in [0.1, 0.15) is 11.4 Å². The van der Waals surface area contributed by atoms with Crippen molar-refractivity contribution in [3.63, 3.8) is 0 Å². The molecule has 0 atom stereocenters. The summed E-state index contributed by atoms with van der Waals surface area (Å²) in [6.07, 6.45) is 0.709. The van der Waals surface area contributed by atoms with E-state index in [2.05, 4.69) is 10.1 Å². The predicted molar refractivity (Wildman–Crippen MR) is 92.2 cm³/mol.